The summed E-state index contributed by atoms with van der Waals surface area (Å²) in [6, 6.07) is 6.33. The van der Waals surface area contributed by atoms with Crippen molar-refractivity contribution in [2.45, 2.75) is 6.61 Å². The molecule has 0 saturated carbocycles. The van der Waals surface area contributed by atoms with Gasteiger partial charge in [0.15, 0.2) is 12.4 Å². The normalized spacial score (nSPS) is 10.5. The van der Waals surface area contributed by atoms with E-state index in [2.05, 4.69) is 15.2 Å². The minimum absolute atomic E-state index is 0.0280. The molecule has 0 aliphatic carbocycles. The van der Waals surface area contributed by atoms with Crippen molar-refractivity contribution in [2.75, 3.05) is 0 Å². The van der Waals surface area contributed by atoms with Gasteiger partial charge in [-0.1, -0.05) is 0 Å². The molecule has 0 aromatic carbocycles. The van der Waals surface area contributed by atoms with Crippen LogP contribution in [0.2, 0.25) is 0 Å². The second-order valence-electron chi connectivity index (χ2n) is 3.85. The minimum atomic E-state index is -0.628. The first-order chi connectivity index (χ1) is 10.2. The maximum Gasteiger partial charge on any atom is 0.406 e. The minimum Gasteiger partial charge on any atom is -0.476 e. The van der Waals surface area contributed by atoms with Crippen molar-refractivity contribution in [1.29, 1.82) is 0 Å². The molecular formula is C12H8N4O5. The van der Waals surface area contributed by atoms with E-state index in [1.807, 2.05) is 0 Å². The predicted octanol–water partition coefficient (Wildman–Crippen LogP) is 2.21. The summed E-state index contributed by atoms with van der Waals surface area (Å²) in [5.74, 6) is 0.462. The summed E-state index contributed by atoms with van der Waals surface area (Å²) in [5, 5.41) is 18.4. The lowest BCUT2D eigenvalue weighted by atomic mass is 10.4. The Balaban J connectivity index is 1.73. The smallest absolute Gasteiger partial charge is 0.406 e. The van der Waals surface area contributed by atoms with Crippen molar-refractivity contribution in [3.8, 4) is 17.4 Å². The van der Waals surface area contributed by atoms with Crippen LogP contribution in [0.3, 0.4) is 0 Å². The van der Waals surface area contributed by atoms with Crippen LogP contribution in [0, 0.1) is 10.1 Å². The number of aromatic nitrogens is 3. The molecule has 21 heavy (non-hydrogen) atoms. The summed E-state index contributed by atoms with van der Waals surface area (Å²) in [6.45, 7) is -0.111. The van der Waals surface area contributed by atoms with Crippen molar-refractivity contribution in [1.82, 2.24) is 15.2 Å². The van der Waals surface area contributed by atoms with E-state index < -0.39 is 4.92 Å². The number of hydrogen-bond donors (Lipinski definition) is 0. The summed E-state index contributed by atoms with van der Waals surface area (Å²) in [6.07, 6.45) is 2.79. The molecule has 0 saturated heterocycles. The van der Waals surface area contributed by atoms with E-state index >= 15 is 0 Å². The van der Waals surface area contributed by atoms with E-state index in [4.69, 9.17) is 13.6 Å². The van der Waals surface area contributed by atoms with Gasteiger partial charge in [-0.2, -0.15) is 0 Å². The lowest BCUT2D eigenvalue weighted by Crippen LogP contribution is -2.00. The van der Waals surface area contributed by atoms with Gasteiger partial charge >= 0.3 is 5.82 Å². The van der Waals surface area contributed by atoms with Gasteiger partial charge in [0.05, 0.1) is 6.26 Å². The fraction of sp³-hybridized carbons (Fsp3) is 0.0833. The van der Waals surface area contributed by atoms with Crippen LogP contribution in [0.1, 0.15) is 5.89 Å². The zero-order valence-electron chi connectivity index (χ0n) is 10.5. The van der Waals surface area contributed by atoms with Crippen LogP contribution < -0.4 is 4.74 Å². The fourth-order valence-electron chi connectivity index (χ4n) is 1.58. The van der Waals surface area contributed by atoms with E-state index in [0.29, 0.717) is 5.76 Å². The Morgan fingerprint density at radius 1 is 1.29 bits per heavy atom. The Labute approximate surface area is 117 Å². The van der Waals surface area contributed by atoms with Crippen LogP contribution >= 0.6 is 0 Å². The molecule has 3 heterocycles. The molecule has 3 rings (SSSR count). The largest absolute Gasteiger partial charge is 0.476 e. The Morgan fingerprint density at radius 2 is 2.19 bits per heavy atom. The molecule has 9 nitrogen and oxygen atoms in total. The van der Waals surface area contributed by atoms with Crippen molar-refractivity contribution >= 4 is 5.82 Å². The summed E-state index contributed by atoms with van der Waals surface area (Å²) in [4.78, 5) is 13.8. The first kappa shape index (κ1) is 12.8. The molecule has 0 aliphatic heterocycles. The van der Waals surface area contributed by atoms with E-state index in [1.165, 1.54) is 24.6 Å². The molecule has 0 radical (unpaired) electrons. The Kier molecular flexibility index (Phi) is 3.29. The molecular weight excluding hydrogens is 280 g/mol. The second kappa shape index (κ2) is 5.41. The molecule has 0 atom stereocenters. The van der Waals surface area contributed by atoms with Gasteiger partial charge in [0.25, 0.3) is 11.8 Å². The maximum atomic E-state index is 10.8. The highest BCUT2D eigenvalue weighted by Crippen LogP contribution is 2.24. The topological polar surface area (TPSA) is 117 Å². The van der Waals surface area contributed by atoms with Crippen molar-refractivity contribution in [3.05, 3.63) is 52.7 Å². The SMILES string of the molecule is O=[N+]([O-])c1ncccc1OCc1nnc(-c2ccco2)o1. The van der Waals surface area contributed by atoms with Gasteiger partial charge in [0.2, 0.25) is 5.75 Å². The average molecular weight is 288 g/mol. The average Bonchev–Trinajstić information content (AvgIpc) is 3.16. The molecule has 0 N–H and O–H groups in total. The summed E-state index contributed by atoms with van der Waals surface area (Å²) in [5.41, 5.74) is 0. The Hall–Kier alpha value is -3.23. The standard InChI is InChI=1S/C12H8N4O5/c17-16(18)11-8(3-1-5-13-11)20-7-10-14-15-12(21-10)9-4-2-6-19-9/h1-6H,7H2. The maximum absolute atomic E-state index is 10.8. The van der Waals surface area contributed by atoms with Gasteiger partial charge in [-0.05, 0) is 34.2 Å². The monoisotopic (exact) mass is 288 g/mol. The van der Waals surface area contributed by atoms with Crippen molar-refractivity contribution in [3.63, 3.8) is 0 Å². The molecule has 0 spiro atoms. The molecule has 3 aromatic rings. The van der Waals surface area contributed by atoms with E-state index in [9.17, 15) is 10.1 Å². The van der Waals surface area contributed by atoms with Crippen LogP contribution in [-0.4, -0.2) is 20.1 Å². The molecule has 106 valence electrons. The number of ether oxygens (including phenoxy) is 1. The summed E-state index contributed by atoms with van der Waals surface area (Å²) in [7, 11) is 0. The highest BCUT2D eigenvalue weighted by molar-refractivity contribution is 5.42. The summed E-state index contributed by atoms with van der Waals surface area (Å²) < 4.78 is 15.7. The van der Waals surface area contributed by atoms with Crippen molar-refractivity contribution in [2.24, 2.45) is 0 Å². The van der Waals surface area contributed by atoms with E-state index in [-0.39, 0.29) is 30.0 Å². The van der Waals surface area contributed by atoms with Crippen LogP contribution in [0.25, 0.3) is 11.7 Å². The van der Waals surface area contributed by atoms with Crippen molar-refractivity contribution < 1.29 is 18.5 Å². The first-order valence-corrected chi connectivity index (χ1v) is 5.82. The second-order valence-corrected chi connectivity index (χ2v) is 3.85. The van der Waals surface area contributed by atoms with Gasteiger partial charge in [-0.15, -0.1) is 10.2 Å². The zero-order chi connectivity index (χ0) is 14.7. The van der Waals surface area contributed by atoms with Gasteiger partial charge in [0, 0.05) is 0 Å². The molecule has 9 heteroatoms. The number of rotatable bonds is 5. The third-order valence-electron chi connectivity index (χ3n) is 2.47. The first-order valence-electron chi connectivity index (χ1n) is 5.82. The van der Waals surface area contributed by atoms with E-state index in [1.54, 1.807) is 12.1 Å². The number of nitrogens with zero attached hydrogens (tertiary/aromatic N) is 4. The summed E-state index contributed by atoms with van der Waals surface area (Å²) >= 11 is 0. The van der Waals surface area contributed by atoms with E-state index in [0.717, 1.165) is 0 Å². The molecule has 0 fully saturated rings. The Bertz CT molecular complexity index is 753. The highest BCUT2D eigenvalue weighted by Gasteiger charge is 2.17. The number of pyridine rings is 1. The quantitative estimate of drug-likeness (QED) is 0.518. The third kappa shape index (κ3) is 2.71. The Morgan fingerprint density at radius 3 is 2.95 bits per heavy atom. The molecule has 0 unspecified atom stereocenters. The van der Waals surface area contributed by atoms with Gasteiger partial charge < -0.3 is 23.7 Å². The predicted molar refractivity (Wildman–Crippen MR) is 67.2 cm³/mol. The molecule has 0 bridgehead atoms. The van der Waals surface area contributed by atoms with Gasteiger partial charge in [-0.3, -0.25) is 0 Å². The fourth-order valence-corrected chi connectivity index (χ4v) is 1.58. The lowest BCUT2D eigenvalue weighted by Gasteiger charge is -2.02. The van der Waals surface area contributed by atoms with Gasteiger partial charge in [0.1, 0.15) is 6.20 Å². The highest BCUT2D eigenvalue weighted by atomic mass is 16.6. The van der Waals surface area contributed by atoms with Crippen LogP contribution in [0.4, 0.5) is 5.82 Å². The third-order valence-corrected chi connectivity index (χ3v) is 2.47. The van der Waals surface area contributed by atoms with Gasteiger partial charge in [-0.25, -0.2) is 0 Å². The number of furan rings is 1. The number of hydrogen-bond acceptors (Lipinski definition) is 8. The van der Waals surface area contributed by atoms with Crippen LogP contribution in [-0.2, 0) is 6.61 Å². The van der Waals surface area contributed by atoms with Crippen LogP contribution in [0.15, 0.2) is 45.6 Å². The molecule has 0 aliphatic rings. The lowest BCUT2D eigenvalue weighted by molar-refractivity contribution is -0.390. The van der Waals surface area contributed by atoms with Crippen LogP contribution in [0.5, 0.6) is 5.75 Å². The molecule has 0 amide bonds. The number of nitro groups is 1. The zero-order valence-corrected chi connectivity index (χ0v) is 10.5. The molecule has 3 aromatic heterocycles.